The number of hydrogen-bond donors (Lipinski definition) is 1. The highest BCUT2D eigenvalue weighted by Crippen LogP contribution is 2.20. The van der Waals surface area contributed by atoms with Gasteiger partial charge >= 0.3 is 5.97 Å². The van der Waals surface area contributed by atoms with Crippen LogP contribution in [-0.4, -0.2) is 51.7 Å². The van der Waals surface area contributed by atoms with Crippen molar-refractivity contribution in [1.29, 1.82) is 0 Å². The van der Waals surface area contributed by atoms with Crippen LogP contribution in [0.4, 0.5) is 0 Å². The average molecular weight is 298 g/mol. The van der Waals surface area contributed by atoms with Crippen molar-refractivity contribution in [3.05, 3.63) is 29.3 Å². The first kappa shape index (κ1) is 17.4. The van der Waals surface area contributed by atoms with Crippen LogP contribution in [-0.2, 0) is 20.8 Å². The monoisotopic (exact) mass is 298 g/mol. The number of hydrogen-bond acceptors (Lipinski definition) is 5. The maximum atomic E-state index is 11.1. The maximum absolute atomic E-state index is 11.1. The van der Waals surface area contributed by atoms with Crippen LogP contribution in [0, 0.1) is 0 Å². The smallest absolute Gasteiger partial charge is 0.339 e. The van der Waals surface area contributed by atoms with E-state index < -0.39 is 5.97 Å². The number of aromatic carboxylic acids is 1. The molecule has 0 bridgehead atoms. The average Bonchev–Trinajstić information content (AvgIpc) is 2.49. The molecule has 0 amide bonds. The molecule has 1 N–H and O–H groups in total. The van der Waals surface area contributed by atoms with Gasteiger partial charge in [-0.25, -0.2) is 4.79 Å². The van der Waals surface area contributed by atoms with Gasteiger partial charge in [-0.05, 0) is 24.1 Å². The minimum atomic E-state index is -1.01. The summed E-state index contributed by atoms with van der Waals surface area (Å²) in [6, 6.07) is 4.99. The van der Waals surface area contributed by atoms with Crippen LogP contribution in [0.5, 0.6) is 5.75 Å². The van der Waals surface area contributed by atoms with E-state index in [9.17, 15) is 4.79 Å². The molecule has 0 unspecified atom stereocenters. The third-order valence-electron chi connectivity index (χ3n) is 2.77. The summed E-state index contributed by atoms with van der Waals surface area (Å²) in [6.07, 6.45) is 0.783. The normalized spacial score (nSPS) is 10.6. The molecule has 0 radical (unpaired) electrons. The molecule has 0 aliphatic carbocycles. The van der Waals surface area contributed by atoms with E-state index in [0.717, 1.165) is 12.0 Å². The summed E-state index contributed by atoms with van der Waals surface area (Å²) in [7, 11) is 3.08. The highest BCUT2D eigenvalue weighted by atomic mass is 16.5. The third kappa shape index (κ3) is 6.57. The van der Waals surface area contributed by atoms with Crippen molar-refractivity contribution >= 4 is 5.97 Å². The van der Waals surface area contributed by atoms with Crippen LogP contribution < -0.4 is 4.74 Å². The summed E-state index contributed by atoms with van der Waals surface area (Å²) in [4.78, 5) is 11.1. The van der Waals surface area contributed by atoms with Gasteiger partial charge in [0.2, 0.25) is 0 Å². The topological polar surface area (TPSA) is 74.2 Å². The van der Waals surface area contributed by atoms with Gasteiger partial charge in [-0.3, -0.25) is 0 Å². The summed E-state index contributed by atoms with van der Waals surface area (Å²) < 4.78 is 20.7. The molecule has 1 rings (SSSR count). The van der Waals surface area contributed by atoms with E-state index >= 15 is 0 Å². The predicted molar refractivity (Wildman–Crippen MR) is 76.9 cm³/mol. The Hall–Kier alpha value is -1.63. The van der Waals surface area contributed by atoms with Crippen molar-refractivity contribution in [3.63, 3.8) is 0 Å². The molecule has 21 heavy (non-hydrogen) atoms. The fourth-order valence-electron chi connectivity index (χ4n) is 1.71. The van der Waals surface area contributed by atoms with Crippen LogP contribution in [0.15, 0.2) is 18.2 Å². The summed E-state index contributed by atoms with van der Waals surface area (Å²) in [6.45, 7) is 2.71. The molecule has 0 atom stereocenters. The number of carbonyl (C=O) groups is 1. The molecule has 6 nitrogen and oxygen atoms in total. The Morgan fingerprint density at radius 1 is 1.10 bits per heavy atom. The van der Waals surface area contributed by atoms with Crippen LogP contribution >= 0.6 is 0 Å². The standard InChI is InChI=1S/C15H22O6/c1-18-8-9-20-6-3-7-21-11-12-4-5-14(19-2)13(10-12)15(16)17/h4-5,10H,3,6-9,11H2,1-2H3,(H,16,17). The Kier molecular flexibility index (Phi) is 8.42. The molecule has 0 fully saturated rings. The van der Waals surface area contributed by atoms with Gasteiger partial charge in [-0.1, -0.05) is 6.07 Å². The molecule has 1 aromatic rings. The van der Waals surface area contributed by atoms with Crippen LogP contribution in [0.1, 0.15) is 22.3 Å². The van der Waals surface area contributed by atoms with Gasteiger partial charge in [0.25, 0.3) is 0 Å². The molecular weight excluding hydrogens is 276 g/mol. The lowest BCUT2D eigenvalue weighted by atomic mass is 10.1. The fraction of sp³-hybridized carbons (Fsp3) is 0.533. The number of carboxylic acids is 1. The Balaban J connectivity index is 2.29. The molecule has 0 aliphatic rings. The number of ether oxygens (including phenoxy) is 4. The van der Waals surface area contributed by atoms with Crippen LogP contribution in [0.2, 0.25) is 0 Å². The van der Waals surface area contributed by atoms with Gasteiger partial charge in [0.05, 0.1) is 26.9 Å². The Labute approximate surface area is 124 Å². The fourth-order valence-corrected chi connectivity index (χ4v) is 1.71. The highest BCUT2D eigenvalue weighted by Gasteiger charge is 2.11. The van der Waals surface area contributed by atoms with Crippen molar-refractivity contribution in [2.45, 2.75) is 13.0 Å². The summed E-state index contributed by atoms with van der Waals surface area (Å²) in [5.41, 5.74) is 0.940. The zero-order chi connectivity index (χ0) is 15.5. The largest absolute Gasteiger partial charge is 0.496 e. The molecule has 1 aromatic carbocycles. The molecule has 118 valence electrons. The van der Waals surface area contributed by atoms with E-state index in [1.54, 1.807) is 25.3 Å². The number of carboxylic acid groups (broad SMARTS) is 1. The SMILES string of the molecule is COCCOCCCOCc1ccc(OC)c(C(=O)O)c1. The number of rotatable bonds is 11. The molecule has 0 saturated carbocycles. The van der Waals surface area contributed by atoms with Gasteiger partial charge in [0.15, 0.2) is 0 Å². The van der Waals surface area contributed by atoms with E-state index in [0.29, 0.717) is 38.8 Å². The highest BCUT2D eigenvalue weighted by molar-refractivity contribution is 5.91. The van der Waals surface area contributed by atoms with Crippen molar-refractivity contribution < 1.29 is 28.8 Å². The minimum Gasteiger partial charge on any atom is -0.496 e. The summed E-state index contributed by atoms with van der Waals surface area (Å²) in [5, 5.41) is 9.09. The van der Waals surface area contributed by atoms with Crippen molar-refractivity contribution in [2.75, 3.05) is 40.6 Å². The van der Waals surface area contributed by atoms with Crippen LogP contribution in [0.3, 0.4) is 0 Å². The first-order valence-corrected chi connectivity index (χ1v) is 6.73. The van der Waals surface area contributed by atoms with Gasteiger partial charge in [-0.15, -0.1) is 0 Å². The number of methoxy groups -OCH3 is 2. The third-order valence-corrected chi connectivity index (χ3v) is 2.77. The second-order valence-corrected chi connectivity index (χ2v) is 4.35. The van der Waals surface area contributed by atoms with E-state index in [1.165, 1.54) is 7.11 Å². The number of benzene rings is 1. The Morgan fingerprint density at radius 3 is 2.52 bits per heavy atom. The lowest BCUT2D eigenvalue weighted by Gasteiger charge is -2.09. The lowest BCUT2D eigenvalue weighted by Crippen LogP contribution is -2.06. The van der Waals surface area contributed by atoms with E-state index in [4.69, 9.17) is 24.1 Å². The van der Waals surface area contributed by atoms with Crippen molar-refractivity contribution in [1.82, 2.24) is 0 Å². The predicted octanol–water partition coefficient (Wildman–Crippen LogP) is 1.96. The summed E-state index contributed by atoms with van der Waals surface area (Å²) >= 11 is 0. The van der Waals surface area contributed by atoms with E-state index in [-0.39, 0.29) is 5.56 Å². The van der Waals surface area contributed by atoms with Gasteiger partial charge in [0, 0.05) is 20.3 Å². The van der Waals surface area contributed by atoms with Gasteiger partial charge in [0.1, 0.15) is 11.3 Å². The molecule has 0 aromatic heterocycles. The van der Waals surface area contributed by atoms with E-state index in [1.807, 2.05) is 0 Å². The lowest BCUT2D eigenvalue weighted by molar-refractivity contribution is 0.0483. The Bertz CT molecular complexity index is 432. The zero-order valence-electron chi connectivity index (χ0n) is 12.5. The minimum absolute atomic E-state index is 0.140. The van der Waals surface area contributed by atoms with Crippen molar-refractivity contribution in [3.8, 4) is 5.75 Å². The molecule has 0 aliphatic heterocycles. The molecule has 0 heterocycles. The van der Waals surface area contributed by atoms with E-state index in [2.05, 4.69) is 0 Å². The molecule has 0 saturated heterocycles. The van der Waals surface area contributed by atoms with Crippen molar-refractivity contribution in [2.24, 2.45) is 0 Å². The first-order valence-electron chi connectivity index (χ1n) is 6.73. The first-order chi connectivity index (χ1) is 10.2. The molecule has 6 heteroatoms. The summed E-state index contributed by atoms with van der Waals surface area (Å²) in [5.74, 6) is -0.668. The molecule has 0 spiro atoms. The quantitative estimate of drug-likeness (QED) is 0.630. The molecular formula is C15H22O6. The van der Waals surface area contributed by atoms with Crippen LogP contribution in [0.25, 0.3) is 0 Å². The maximum Gasteiger partial charge on any atom is 0.339 e. The van der Waals surface area contributed by atoms with Gasteiger partial charge < -0.3 is 24.1 Å². The second kappa shape index (κ2) is 10.1. The van der Waals surface area contributed by atoms with Gasteiger partial charge in [-0.2, -0.15) is 0 Å². The second-order valence-electron chi connectivity index (χ2n) is 4.35. The Morgan fingerprint density at radius 2 is 1.86 bits per heavy atom. The zero-order valence-corrected chi connectivity index (χ0v) is 12.5.